The maximum absolute atomic E-state index is 5.62. The number of likely N-dealkylation sites (tertiary alicyclic amines) is 1. The third-order valence-electron chi connectivity index (χ3n) is 2.84. The molecule has 2 rings (SSSR count). The van der Waals surface area contributed by atoms with Gasteiger partial charge in [-0.3, -0.25) is 9.58 Å². The van der Waals surface area contributed by atoms with Crippen LogP contribution in [0.1, 0.15) is 12.8 Å². The molecule has 0 aliphatic carbocycles. The van der Waals surface area contributed by atoms with E-state index < -0.39 is 0 Å². The van der Waals surface area contributed by atoms with E-state index >= 15 is 0 Å². The average molecular weight is 195 g/mol. The van der Waals surface area contributed by atoms with Crippen molar-refractivity contribution < 1.29 is 0 Å². The van der Waals surface area contributed by atoms with Crippen molar-refractivity contribution in [3.05, 3.63) is 12.7 Å². The smallest absolute Gasteiger partial charge is 0.137 e. The Kier molecular flexibility index (Phi) is 3.10. The maximum Gasteiger partial charge on any atom is 0.137 e. The van der Waals surface area contributed by atoms with Crippen LogP contribution in [0.5, 0.6) is 0 Å². The number of nitrogens with two attached hydrogens (primary N) is 1. The predicted molar refractivity (Wildman–Crippen MR) is 53.7 cm³/mol. The molecule has 2 heterocycles. The molecule has 5 heteroatoms. The lowest BCUT2D eigenvalue weighted by atomic mass is 10.0. The first kappa shape index (κ1) is 9.61. The number of nitrogens with zero attached hydrogens (tertiary/aromatic N) is 4. The fourth-order valence-corrected chi connectivity index (χ4v) is 1.84. The van der Waals surface area contributed by atoms with Gasteiger partial charge in [0.1, 0.15) is 12.7 Å². The molecule has 1 saturated heterocycles. The van der Waals surface area contributed by atoms with E-state index in [9.17, 15) is 0 Å². The lowest BCUT2D eigenvalue weighted by Crippen LogP contribution is -2.51. The topological polar surface area (TPSA) is 60.0 Å². The van der Waals surface area contributed by atoms with Crippen LogP contribution in [-0.2, 0) is 6.54 Å². The molecule has 1 aliphatic rings. The van der Waals surface area contributed by atoms with Crippen molar-refractivity contribution in [1.82, 2.24) is 19.7 Å². The number of hydrogen-bond donors (Lipinski definition) is 1. The van der Waals surface area contributed by atoms with Gasteiger partial charge in [0.25, 0.3) is 0 Å². The summed E-state index contributed by atoms with van der Waals surface area (Å²) in [5.41, 5.74) is 5.62. The highest BCUT2D eigenvalue weighted by Crippen LogP contribution is 2.15. The second-order valence-corrected chi connectivity index (χ2v) is 3.73. The summed E-state index contributed by atoms with van der Waals surface area (Å²) in [6, 6.07) is 0.630. The molecule has 2 N–H and O–H groups in total. The number of aromatic nitrogens is 3. The van der Waals surface area contributed by atoms with E-state index in [-0.39, 0.29) is 0 Å². The van der Waals surface area contributed by atoms with Gasteiger partial charge in [-0.25, -0.2) is 4.98 Å². The van der Waals surface area contributed by atoms with Crippen LogP contribution in [0, 0.1) is 0 Å². The summed E-state index contributed by atoms with van der Waals surface area (Å²) < 4.78 is 1.87. The number of aryl methyl sites for hydroxylation is 1. The summed E-state index contributed by atoms with van der Waals surface area (Å²) >= 11 is 0. The van der Waals surface area contributed by atoms with Gasteiger partial charge in [-0.1, -0.05) is 0 Å². The van der Waals surface area contributed by atoms with Gasteiger partial charge in [0.15, 0.2) is 0 Å². The van der Waals surface area contributed by atoms with E-state index in [0.717, 1.165) is 26.1 Å². The van der Waals surface area contributed by atoms with Gasteiger partial charge < -0.3 is 5.73 Å². The monoisotopic (exact) mass is 195 g/mol. The summed E-state index contributed by atoms with van der Waals surface area (Å²) in [5.74, 6) is 0. The Hall–Kier alpha value is -0.940. The summed E-state index contributed by atoms with van der Waals surface area (Å²) in [5, 5.41) is 4.06. The van der Waals surface area contributed by atoms with Gasteiger partial charge in [0.05, 0.1) is 0 Å². The summed E-state index contributed by atoms with van der Waals surface area (Å²) in [4.78, 5) is 6.34. The molecule has 1 atom stereocenters. The SMILES string of the molecule is NCC1CCN1CCCn1cncn1. The van der Waals surface area contributed by atoms with Crippen molar-refractivity contribution in [2.24, 2.45) is 5.73 Å². The molecule has 1 fully saturated rings. The first-order valence-electron chi connectivity index (χ1n) is 5.16. The maximum atomic E-state index is 5.62. The van der Waals surface area contributed by atoms with Gasteiger partial charge >= 0.3 is 0 Å². The molecule has 1 aromatic rings. The van der Waals surface area contributed by atoms with E-state index in [1.807, 2.05) is 4.68 Å². The standard InChI is InChI=1S/C9H17N5/c10-6-9-2-5-13(9)3-1-4-14-8-11-7-12-14/h7-9H,1-6,10H2. The summed E-state index contributed by atoms with van der Waals surface area (Å²) in [6.07, 6.45) is 5.72. The van der Waals surface area contributed by atoms with Crippen molar-refractivity contribution in [3.8, 4) is 0 Å². The van der Waals surface area contributed by atoms with Crippen LogP contribution in [0.3, 0.4) is 0 Å². The zero-order valence-electron chi connectivity index (χ0n) is 8.34. The van der Waals surface area contributed by atoms with Crippen LogP contribution in [-0.4, -0.2) is 45.3 Å². The lowest BCUT2D eigenvalue weighted by Gasteiger charge is -2.40. The van der Waals surface area contributed by atoms with E-state index in [2.05, 4.69) is 15.0 Å². The third-order valence-corrected chi connectivity index (χ3v) is 2.84. The third kappa shape index (κ3) is 2.10. The first-order valence-corrected chi connectivity index (χ1v) is 5.16. The van der Waals surface area contributed by atoms with Crippen molar-refractivity contribution in [2.45, 2.75) is 25.4 Å². The quantitative estimate of drug-likeness (QED) is 0.701. The fraction of sp³-hybridized carbons (Fsp3) is 0.778. The molecule has 0 saturated carbocycles. The molecular weight excluding hydrogens is 178 g/mol. The Morgan fingerprint density at radius 3 is 2.93 bits per heavy atom. The number of rotatable bonds is 5. The lowest BCUT2D eigenvalue weighted by molar-refractivity contribution is 0.0935. The van der Waals surface area contributed by atoms with E-state index in [4.69, 9.17) is 5.73 Å². The highest BCUT2D eigenvalue weighted by atomic mass is 15.3. The van der Waals surface area contributed by atoms with Crippen LogP contribution >= 0.6 is 0 Å². The second kappa shape index (κ2) is 4.52. The van der Waals surface area contributed by atoms with Crippen molar-refractivity contribution >= 4 is 0 Å². The first-order chi connectivity index (χ1) is 6.90. The molecular formula is C9H17N5. The molecule has 14 heavy (non-hydrogen) atoms. The normalized spacial score (nSPS) is 22.2. The van der Waals surface area contributed by atoms with Gasteiger partial charge in [0.2, 0.25) is 0 Å². The van der Waals surface area contributed by atoms with Crippen LogP contribution in [0.4, 0.5) is 0 Å². The van der Waals surface area contributed by atoms with Gasteiger partial charge in [-0.05, 0) is 12.8 Å². The zero-order chi connectivity index (χ0) is 9.80. The minimum atomic E-state index is 0.630. The molecule has 5 nitrogen and oxygen atoms in total. The molecule has 0 spiro atoms. The van der Waals surface area contributed by atoms with Gasteiger partial charge in [0, 0.05) is 32.2 Å². The van der Waals surface area contributed by atoms with Crippen LogP contribution < -0.4 is 5.73 Å². The van der Waals surface area contributed by atoms with Crippen molar-refractivity contribution in [2.75, 3.05) is 19.6 Å². The minimum Gasteiger partial charge on any atom is -0.329 e. The molecule has 78 valence electrons. The Morgan fingerprint density at radius 2 is 2.36 bits per heavy atom. The molecule has 0 radical (unpaired) electrons. The Morgan fingerprint density at radius 1 is 1.43 bits per heavy atom. The zero-order valence-corrected chi connectivity index (χ0v) is 8.34. The summed E-state index contributed by atoms with van der Waals surface area (Å²) in [6.45, 7) is 4.08. The van der Waals surface area contributed by atoms with E-state index in [0.29, 0.717) is 6.04 Å². The molecule has 1 aromatic heterocycles. The molecule has 1 aliphatic heterocycles. The largest absolute Gasteiger partial charge is 0.329 e. The molecule has 0 amide bonds. The average Bonchev–Trinajstić information content (AvgIpc) is 2.64. The van der Waals surface area contributed by atoms with Gasteiger partial charge in [-0.15, -0.1) is 0 Å². The molecule has 1 unspecified atom stereocenters. The van der Waals surface area contributed by atoms with E-state index in [1.54, 1.807) is 12.7 Å². The van der Waals surface area contributed by atoms with Crippen molar-refractivity contribution in [1.29, 1.82) is 0 Å². The number of hydrogen-bond acceptors (Lipinski definition) is 4. The predicted octanol–water partition coefficient (Wildman–Crippen LogP) is -0.299. The minimum absolute atomic E-state index is 0.630. The second-order valence-electron chi connectivity index (χ2n) is 3.73. The van der Waals surface area contributed by atoms with Crippen LogP contribution in [0.25, 0.3) is 0 Å². The highest BCUT2D eigenvalue weighted by molar-refractivity contribution is 4.82. The fourth-order valence-electron chi connectivity index (χ4n) is 1.84. The molecule has 0 aromatic carbocycles. The highest BCUT2D eigenvalue weighted by Gasteiger charge is 2.25. The molecule has 0 bridgehead atoms. The van der Waals surface area contributed by atoms with Crippen LogP contribution in [0.2, 0.25) is 0 Å². The van der Waals surface area contributed by atoms with Gasteiger partial charge in [-0.2, -0.15) is 5.10 Å². The summed E-state index contributed by atoms with van der Waals surface area (Å²) in [7, 11) is 0. The Balaban J connectivity index is 1.64. The van der Waals surface area contributed by atoms with Crippen LogP contribution in [0.15, 0.2) is 12.7 Å². The van der Waals surface area contributed by atoms with E-state index in [1.165, 1.54) is 13.0 Å². The Labute approximate surface area is 83.9 Å². The van der Waals surface area contributed by atoms with Crippen molar-refractivity contribution in [3.63, 3.8) is 0 Å². The Bertz CT molecular complexity index is 256.